The normalized spacial score (nSPS) is 25.0. The van der Waals surface area contributed by atoms with Crippen LogP contribution in [0.5, 0.6) is 0 Å². The summed E-state index contributed by atoms with van der Waals surface area (Å²) in [5.41, 5.74) is -0.563. The Bertz CT molecular complexity index is 661. The summed E-state index contributed by atoms with van der Waals surface area (Å²) in [6.45, 7) is 0.839. The van der Waals surface area contributed by atoms with Gasteiger partial charge in [-0.2, -0.15) is 4.31 Å². The molecule has 8 nitrogen and oxygen atoms in total. The number of hydrogen-bond donors (Lipinski definition) is 0. The van der Waals surface area contributed by atoms with Crippen molar-refractivity contribution in [3.05, 3.63) is 0 Å². The van der Waals surface area contributed by atoms with Crippen LogP contribution in [0.25, 0.3) is 0 Å². The molecule has 24 heavy (non-hydrogen) atoms. The lowest BCUT2D eigenvalue weighted by Crippen LogP contribution is -2.53. The molecule has 0 bridgehead atoms. The molecule has 2 saturated heterocycles. The summed E-state index contributed by atoms with van der Waals surface area (Å²) in [5.74, 6) is -0.752. The number of hydrogen-bond acceptors (Lipinski definition) is 5. The van der Waals surface area contributed by atoms with Crippen molar-refractivity contribution in [1.29, 1.82) is 0 Å². The molecule has 2 heterocycles. The fraction of sp³-hybridized carbons (Fsp3) is 0.800. The minimum absolute atomic E-state index is 0.201. The van der Waals surface area contributed by atoms with Crippen molar-refractivity contribution in [3.8, 4) is 0 Å². The maximum atomic E-state index is 12.6. The summed E-state index contributed by atoms with van der Waals surface area (Å²) >= 11 is 0. The van der Waals surface area contributed by atoms with Gasteiger partial charge in [-0.3, -0.25) is 19.3 Å². The molecule has 0 unspecified atom stereocenters. The van der Waals surface area contributed by atoms with Crippen molar-refractivity contribution in [2.75, 3.05) is 39.0 Å². The number of piperazine rings is 1. The van der Waals surface area contributed by atoms with Crippen molar-refractivity contribution < 1.29 is 22.8 Å². The van der Waals surface area contributed by atoms with E-state index in [9.17, 15) is 22.8 Å². The molecule has 3 aliphatic rings. The first-order valence-corrected chi connectivity index (χ1v) is 10.2. The van der Waals surface area contributed by atoms with Gasteiger partial charge in [0.2, 0.25) is 27.7 Å². The Labute approximate surface area is 141 Å². The predicted octanol–water partition coefficient (Wildman–Crippen LogP) is -0.590. The van der Waals surface area contributed by atoms with Gasteiger partial charge in [0, 0.05) is 32.6 Å². The molecule has 3 fully saturated rings. The second kappa shape index (κ2) is 6.11. The Kier molecular flexibility index (Phi) is 4.41. The molecule has 0 aromatic carbocycles. The number of sulfonamides is 1. The molecule has 3 rings (SSSR count). The molecule has 0 aromatic rings. The Balaban J connectivity index is 1.60. The van der Waals surface area contributed by atoms with Gasteiger partial charge >= 0.3 is 0 Å². The first-order chi connectivity index (χ1) is 11.2. The van der Waals surface area contributed by atoms with Crippen LogP contribution in [0.4, 0.5) is 0 Å². The van der Waals surface area contributed by atoms with Crippen LogP contribution in [-0.2, 0) is 24.4 Å². The molecule has 3 amide bonds. The maximum absolute atomic E-state index is 12.6. The molecule has 0 aromatic heterocycles. The Hall–Kier alpha value is -1.48. The van der Waals surface area contributed by atoms with Gasteiger partial charge in [0.1, 0.15) is 6.54 Å². The monoisotopic (exact) mass is 357 g/mol. The average molecular weight is 357 g/mol. The number of carbonyl (C=O) groups excluding carboxylic acids is 3. The summed E-state index contributed by atoms with van der Waals surface area (Å²) in [6.07, 6.45) is 4.74. The van der Waals surface area contributed by atoms with Gasteiger partial charge in [-0.15, -0.1) is 0 Å². The zero-order chi connectivity index (χ0) is 17.5. The van der Waals surface area contributed by atoms with Gasteiger partial charge in [-0.1, -0.05) is 12.8 Å². The van der Waals surface area contributed by atoms with E-state index in [0.29, 0.717) is 0 Å². The number of likely N-dealkylation sites (tertiary alicyclic amines) is 1. The highest BCUT2D eigenvalue weighted by Crippen LogP contribution is 2.46. The smallest absolute Gasteiger partial charge is 0.242 e. The average Bonchev–Trinajstić information content (AvgIpc) is 3.08. The molecule has 1 saturated carbocycles. The third kappa shape index (κ3) is 3.06. The van der Waals surface area contributed by atoms with E-state index in [0.717, 1.165) is 36.8 Å². The third-order valence-electron chi connectivity index (χ3n) is 5.40. The molecule has 1 aliphatic carbocycles. The van der Waals surface area contributed by atoms with Crippen molar-refractivity contribution in [2.45, 2.75) is 32.1 Å². The SMILES string of the molecule is CS(=O)(=O)N1CCN(C(=O)CN2C(=O)CC3(CCCC3)C2=O)CC1. The van der Waals surface area contributed by atoms with Crippen LogP contribution in [0.1, 0.15) is 32.1 Å². The lowest BCUT2D eigenvalue weighted by molar-refractivity contribution is -0.147. The first kappa shape index (κ1) is 17.3. The fourth-order valence-corrected chi connectivity index (χ4v) is 4.79. The van der Waals surface area contributed by atoms with E-state index in [-0.39, 0.29) is 56.9 Å². The zero-order valence-corrected chi connectivity index (χ0v) is 14.7. The standard InChI is InChI=1S/C15H23N3O5S/c1-24(22,23)17-8-6-16(7-9-17)13(20)11-18-12(19)10-15(14(18)21)4-2-3-5-15/h2-11H2,1H3. The van der Waals surface area contributed by atoms with Gasteiger partial charge < -0.3 is 4.90 Å². The van der Waals surface area contributed by atoms with Crippen LogP contribution >= 0.6 is 0 Å². The zero-order valence-electron chi connectivity index (χ0n) is 13.9. The van der Waals surface area contributed by atoms with E-state index in [4.69, 9.17) is 0 Å². The molecule has 0 radical (unpaired) electrons. The number of carbonyl (C=O) groups is 3. The topological polar surface area (TPSA) is 95.1 Å². The minimum atomic E-state index is -3.25. The summed E-state index contributed by atoms with van der Waals surface area (Å²) in [7, 11) is -3.25. The van der Waals surface area contributed by atoms with Crippen molar-refractivity contribution >= 4 is 27.7 Å². The first-order valence-electron chi connectivity index (χ1n) is 8.31. The van der Waals surface area contributed by atoms with Gasteiger partial charge in [-0.05, 0) is 12.8 Å². The summed E-state index contributed by atoms with van der Waals surface area (Å²) in [6, 6.07) is 0. The molecule has 9 heteroatoms. The predicted molar refractivity (Wildman–Crippen MR) is 85.2 cm³/mol. The van der Waals surface area contributed by atoms with Crippen LogP contribution in [0.3, 0.4) is 0 Å². The Morgan fingerprint density at radius 2 is 1.67 bits per heavy atom. The van der Waals surface area contributed by atoms with Gasteiger partial charge in [0.25, 0.3) is 0 Å². The third-order valence-corrected chi connectivity index (χ3v) is 6.71. The highest BCUT2D eigenvalue weighted by atomic mass is 32.2. The quantitative estimate of drug-likeness (QED) is 0.629. The highest BCUT2D eigenvalue weighted by Gasteiger charge is 2.53. The Morgan fingerprint density at radius 3 is 2.21 bits per heavy atom. The van der Waals surface area contributed by atoms with Crippen LogP contribution in [-0.4, -0.2) is 79.2 Å². The Morgan fingerprint density at radius 1 is 1.08 bits per heavy atom. The molecule has 134 valence electrons. The van der Waals surface area contributed by atoms with Gasteiger partial charge in [0.15, 0.2) is 0 Å². The van der Waals surface area contributed by atoms with Crippen molar-refractivity contribution in [1.82, 2.24) is 14.1 Å². The number of nitrogens with zero attached hydrogens (tertiary/aromatic N) is 3. The van der Waals surface area contributed by atoms with E-state index in [2.05, 4.69) is 0 Å². The minimum Gasteiger partial charge on any atom is -0.338 e. The second-order valence-electron chi connectivity index (χ2n) is 6.99. The van der Waals surface area contributed by atoms with Gasteiger partial charge in [0.05, 0.1) is 11.7 Å². The van der Waals surface area contributed by atoms with Crippen molar-refractivity contribution in [3.63, 3.8) is 0 Å². The van der Waals surface area contributed by atoms with E-state index in [1.807, 2.05) is 0 Å². The van der Waals surface area contributed by atoms with Crippen molar-refractivity contribution in [2.24, 2.45) is 5.41 Å². The lowest BCUT2D eigenvalue weighted by Gasteiger charge is -2.34. The largest absolute Gasteiger partial charge is 0.338 e. The molecule has 0 atom stereocenters. The van der Waals surface area contributed by atoms with Crippen LogP contribution in [0, 0.1) is 5.41 Å². The molecule has 1 spiro atoms. The van der Waals surface area contributed by atoms with E-state index >= 15 is 0 Å². The maximum Gasteiger partial charge on any atom is 0.242 e. The summed E-state index contributed by atoms with van der Waals surface area (Å²) < 4.78 is 24.3. The van der Waals surface area contributed by atoms with Crippen LogP contribution in [0.15, 0.2) is 0 Å². The van der Waals surface area contributed by atoms with E-state index in [1.54, 1.807) is 0 Å². The molecule has 0 N–H and O–H groups in total. The summed E-state index contributed by atoms with van der Waals surface area (Å²) in [5, 5.41) is 0. The fourth-order valence-electron chi connectivity index (χ4n) is 3.97. The molecular weight excluding hydrogens is 334 g/mol. The van der Waals surface area contributed by atoms with E-state index < -0.39 is 15.4 Å². The molecule has 2 aliphatic heterocycles. The lowest BCUT2D eigenvalue weighted by atomic mass is 9.84. The molecular formula is C15H23N3O5S. The van der Waals surface area contributed by atoms with Gasteiger partial charge in [-0.25, -0.2) is 8.42 Å². The number of imide groups is 1. The highest BCUT2D eigenvalue weighted by molar-refractivity contribution is 7.88. The van der Waals surface area contributed by atoms with Crippen LogP contribution < -0.4 is 0 Å². The van der Waals surface area contributed by atoms with E-state index in [1.165, 1.54) is 9.21 Å². The summed E-state index contributed by atoms with van der Waals surface area (Å²) in [4.78, 5) is 39.8. The van der Waals surface area contributed by atoms with Crippen LogP contribution in [0.2, 0.25) is 0 Å². The second-order valence-corrected chi connectivity index (χ2v) is 8.97. The number of amides is 3. The number of rotatable bonds is 3.